The van der Waals surface area contributed by atoms with Crippen molar-refractivity contribution < 1.29 is 4.74 Å². The van der Waals surface area contributed by atoms with Gasteiger partial charge in [-0.2, -0.15) is 0 Å². The summed E-state index contributed by atoms with van der Waals surface area (Å²) in [5.41, 5.74) is 4.61. The van der Waals surface area contributed by atoms with Gasteiger partial charge in [0.05, 0.1) is 0 Å². The zero-order chi connectivity index (χ0) is 12.5. The lowest BCUT2D eigenvalue weighted by atomic mass is 9.99. The van der Waals surface area contributed by atoms with E-state index in [1.165, 1.54) is 11.1 Å². The summed E-state index contributed by atoms with van der Waals surface area (Å²) in [5, 5.41) is 6.26. The smallest absolute Gasteiger partial charge is 0.133 e. The molecule has 1 aliphatic heterocycles. The summed E-state index contributed by atoms with van der Waals surface area (Å²) >= 11 is 0. The summed E-state index contributed by atoms with van der Waals surface area (Å²) < 4.78 is 5.98. The average molecular weight is 240 g/mol. The summed E-state index contributed by atoms with van der Waals surface area (Å²) in [6, 6.07) is 12.5. The van der Waals surface area contributed by atoms with Gasteiger partial charge in [0, 0.05) is 44.0 Å². The summed E-state index contributed by atoms with van der Waals surface area (Å²) in [6.45, 7) is 0. The van der Waals surface area contributed by atoms with E-state index in [9.17, 15) is 0 Å². The molecule has 2 aromatic rings. The van der Waals surface area contributed by atoms with Crippen LogP contribution in [0.4, 0.5) is 11.4 Å². The summed E-state index contributed by atoms with van der Waals surface area (Å²) in [5.74, 6) is 1.89. The van der Waals surface area contributed by atoms with Gasteiger partial charge < -0.3 is 15.4 Å². The maximum atomic E-state index is 5.98. The quantitative estimate of drug-likeness (QED) is 0.719. The Bertz CT molecular complexity index is 542. The first kappa shape index (κ1) is 11.0. The number of nitrogens with one attached hydrogen (secondary N) is 2. The van der Waals surface area contributed by atoms with Crippen LogP contribution < -0.4 is 15.4 Å². The van der Waals surface area contributed by atoms with Crippen LogP contribution in [0.1, 0.15) is 11.1 Å². The van der Waals surface area contributed by atoms with Crippen molar-refractivity contribution >= 4 is 11.4 Å². The molecular formula is C15H16N2O. The third-order valence-electron chi connectivity index (χ3n) is 3.31. The van der Waals surface area contributed by atoms with Crippen molar-refractivity contribution in [3.05, 3.63) is 47.5 Å². The third kappa shape index (κ3) is 1.78. The average Bonchev–Trinajstić information content (AvgIpc) is 2.43. The predicted octanol–water partition coefficient (Wildman–Crippen LogP) is 3.47. The fourth-order valence-corrected chi connectivity index (χ4v) is 2.23. The number of anilines is 2. The van der Waals surface area contributed by atoms with Gasteiger partial charge in [-0.25, -0.2) is 0 Å². The van der Waals surface area contributed by atoms with Crippen molar-refractivity contribution in [1.29, 1.82) is 0 Å². The van der Waals surface area contributed by atoms with Crippen molar-refractivity contribution in [1.82, 2.24) is 0 Å². The highest BCUT2D eigenvalue weighted by Gasteiger charge is 2.17. The van der Waals surface area contributed by atoms with E-state index in [0.717, 1.165) is 29.3 Å². The minimum absolute atomic E-state index is 0.929. The minimum atomic E-state index is 0.929. The molecule has 0 spiro atoms. The molecule has 1 heterocycles. The molecule has 0 atom stereocenters. The zero-order valence-electron chi connectivity index (χ0n) is 10.6. The van der Waals surface area contributed by atoms with E-state index >= 15 is 0 Å². The van der Waals surface area contributed by atoms with Crippen molar-refractivity contribution in [2.75, 3.05) is 24.7 Å². The van der Waals surface area contributed by atoms with Crippen LogP contribution >= 0.6 is 0 Å². The van der Waals surface area contributed by atoms with Crippen molar-refractivity contribution in [2.45, 2.75) is 6.42 Å². The Morgan fingerprint density at radius 3 is 1.78 bits per heavy atom. The Balaban J connectivity index is 2.01. The maximum Gasteiger partial charge on any atom is 0.133 e. The van der Waals surface area contributed by atoms with Gasteiger partial charge in [0.1, 0.15) is 11.5 Å². The Hall–Kier alpha value is -2.16. The van der Waals surface area contributed by atoms with Gasteiger partial charge in [-0.05, 0) is 23.3 Å². The van der Waals surface area contributed by atoms with Gasteiger partial charge in [-0.3, -0.25) is 0 Å². The van der Waals surface area contributed by atoms with Gasteiger partial charge in [-0.1, -0.05) is 12.1 Å². The molecule has 2 aromatic carbocycles. The molecule has 0 fully saturated rings. The van der Waals surface area contributed by atoms with E-state index in [-0.39, 0.29) is 0 Å². The van der Waals surface area contributed by atoms with Gasteiger partial charge in [0.15, 0.2) is 0 Å². The topological polar surface area (TPSA) is 33.3 Å². The fourth-order valence-electron chi connectivity index (χ4n) is 2.23. The van der Waals surface area contributed by atoms with Crippen molar-refractivity contribution in [3.8, 4) is 11.5 Å². The highest BCUT2D eigenvalue weighted by atomic mass is 16.5. The lowest BCUT2D eigenvalue weighted by Crippen LogP contribution is -2.04. The number of rotatable bonds is 2. The van der Waals surface area contributed by atoms with Crippen molar-refractivity contribution in [3.63, 3.8) is 0 Å². The molecule has 0 radical (unpaired) electrons. The van der Waals surface area contributed by atoms with E-state index in [1.54, 1.807) is 0 Å². The monoisotopic (exact) mass is 240 g/mol. The second kappa shape index (κ2) is 4.26. The lowest BCUT2D eigenvalue weighted by molar-refractivity contribution is 0.460. The SMILES string of the molecule is CNc1ccc2c(c1)Oc1cc(NC)ccc1C2. The molecule has 0 amide bonds. The van der Waals surface area contributed by atoms with E-state index in [1.807, 2.05) is 26.2 Å². The molecule has 0 saturated carbocycles. The van der Waals surface area contributed by atoms with Crippen LogP contribution in [0.5, 0.6) is 11.5 Å². The second-order valence-corrected chi connectivity index (χ2v) is 4.42. The number of hydrogen-bond donors (Lipinski definition) is 2. The van der Waals surface area contributed by atoms with Crippen LogP contribution in [0, 0.1) is 0 Å². The Morgan fingerprint density at radius 2 is 1.33 bits per heavy atom. The van der Waals surface area contributed by atoms with Gasteiger partial charge in [0.25, 0.3) is 0 Å². The Kier molecular flexibility index (Phi) is 2.59. The molecule has 0 aromatic heterocycles. The third-order valence-corrected chi connectivity index (χ3v) is 3.31. The standard InChI is InChI=1S/C15H16N2O/c1-16-12-5-3-10-7-11-4-6-13(17-2)9-15(11)18-14(10)8-12/h3-6,8-9,16-17H,7H2,1-2H3. The molecule has 1 aliphatic rings. The lowest BCUT2D eigenvalue weighted by Gasteiger charge is -2.21. The summed E-state index contributed by atoms with van der Waals surface area (Å²) in [6.07, 6.45) is 0.929. The number of fused-ring (bicyclic) bond motifs is 2. The highest BCUT2D eigenvalue weighted by molar-refractivity contribution is 5.60. The van der Waals surface area contributed by atoms with Crippen molar-refractivity contribution in [2.24, 2.45) is 0 Å². The maximum absolute atomic E-state index is 5.98. The normalized spacial score (nSPS) is 12.1. The molecule has 0 aliphatic carbocycles. The van der Waals surface area contributed by atoms with Crippen LogP contribution in [0.2, 0.25) is 0 Å². The molecule has 3 heteroatoms. The van der Waals surface area contributed by atoms with Crippen LogP contribution in [-0.2, 0) is 6.42 Å². The molecular weight excluding hydrogens is 224 g/mol. The first-order valence-electron chi connectivity index (χ1n) is 6.09. The molecule has 18 heavy (non-hydrogen) atoms. The van der Waals surface area contributed by atoms with Gasteiger partial charge >= 0.3 is 0 Å². The minimum Gasteiger partial charge on any atom is -0.457 e. The van der Waals surface area contributed by atoms with E-state index in [4.69, 9.17) is 4.74 Å². The molecule has 0 bridgehead atoms. The largest absolute Gasteiger partial charge is 0.457 e. The number of ether oxygens (including phenoxy) is 1. The second-order valence-electron chi connectivity index (χ2n) is 4.42. The van der Waals surface area contributed by atoms with Crippen LogP contribution in [0.3, 0.4) is 0 Å². The Morgan fingerprint density at radius 1 is 0.833 bits per heavy atom. The number of benzene rings is 2. The van der Waals surface area contributed by atoms with E-state index in [0.29, 0.717) is 0 Å². The summed E-state index contributed by atoms with van der Waals surface area (Å²) in [7, 11) is 3.83. The van der Waals surface area contributed by atoms with Crippen LogP contribution in [-0.4, -0.2) is 14.1 Å². The predicted molar refractivity (Wildman–Crippen MR) is 74.9 cm³/mol. The first-order chi connectivity index (χ1) is 8.80. The molecule has 3 rings (SSSR count). The summed E-state index contributed by atoms with van der Waals surface area (Å²) in [4.78, 5) is 0. The van der Waals surface area contributed by atoms with Crippen LogP contribution in [0.25, 0.3) is 0 Å². The number of hydrogen-bond acceptors (Lipinski definition) is 3. The van der Waals surface area contributed by atoms with Gasteiger partial charge in [-0.15, -0.1) is 0 Å². The molecule has 0 saturated heterocycles. The molecule has 2 N–H and O–H groups in total. The molecule has 92 valence electrons. The van der Waals surface area contributed by atoms with E-state index < -0.39 is 0 Å². The zero-order valence-corrected chi connectivity index (χ0v) is 10.6. The molecule has 0 unspecified atom stereocenters. The van der Waals surface area contributed by atoms with Crippen LogP contribution in [0.15, 0.2) is 36.4 Å². The highest BCUT2D eigenvalue weighted by Crippen LogP contribution is 2.38. The van der Waals surface area contributed by atoms with Gasteiger partial charge in [0.2, 0.25) is 0 Å². The Labute approximate surface area is 107 Å². The van der Waals surface area contributed by atoms with E-state index in [2.05, 4.69) is 34.9 Å². The fraction of sp³-hybridized carbons (Fsp3) is 0.200. The first-order valence-corrected chi connectivity index (χ1v) is 6.09. The molecule has 3 nitrogen and oxygen atoms in total.